The van der Waals surface area contributed by atoms with Crippen molar-refractivity contribution >= 4 is 23.1 Å². The first-order valence-corrected chi connectivity index (χ1v) is 7.38. The largest absolute Gasteiger partial charge is 0.297 e. The van der Waals surface area contributed by atoms with Crippen molar-refractivity contribution in [2.24, 2.45) is 4.99 Å². The second-order valence-electron chi connectivity index (χ2n) is 5.45. The van der Waals surface area contributed by atoms with Gasteiger partial charge < -0.3 is 0 Å². The second kappa shape index (κ2) is 5.45. The minimum Gasteiger partial charge on any atom is -0.297 e. The zero-order valence-corrected chi connectivity index (χ0v) is 12.8. The molecule has 0 spiro atoms. The van der Waals surface area contributed by atoms with E-state index in [1.54, 1.807) is 0 Å². The molecule has 0 saturated carbocycles. The molecule has 1 atom stereocenters. The van der Waals surface area contributed by atoms with Gasteiger partial charge in [-0.1, -0.05) is 54.4 Å². The summed E-state index contributed by atoms with van der Waals surface area (Å²) in [6.07, 6.45) is 0. The summed E-state index contributed by atoms with van der Waals surface area (Å²) < 4.78 is 0. The average Bonchev–Trinajstić information content (AvgIpc) is 2.59. The number of rotatable bonds is 1. The molecule has 0 saturated heterocycles. The molecule has 2 aromatic rings. The van der Waals surface area contributed by atoms with Gasteiger partial charge in [-0.25, -0.2) is 0 Å². The van der Waals surface area contributed by atoms with Crippen LogP contribution in [0.3, 0.4) is 0 Å². The van der Waals surface area contributed by atoms with Crippen molar-refractivity contribution in [3.8, 4) is 0 Å². The third kappa shape index (κ3) is 2.64. The first-order valence-electron chi connectivity index (χ1n) is 7.00. The Balaban J connectivity index is 2.20. The lowest BCUT2D eigenvalue weighted by Gasteiger charge is -2.13. The van der Waals surface area contributed by atoms with Gasteiger partial charge in [0.1, 0.15) is 0 Å². The highest BCUT2D eigenvalue weighted by atomic mass is 35.5. The lowest BCUT2D eigenvalue weighted by molar-refractivity contribution is -0.118. The molecule has 0 N–H and O–H groups in total. The molecule has 2 aromatic carbocycles. The highest BCUT2D eigenvalue weighted by Crippen LogP contribution is 2.29. The number of ketones is 1. The monoisotopic (exact) mass is 297 g/mol. The molecule has 0 aromatic heterocycles. The van der Waals surface area contributed by atoms with Crippen LogP contribution in [0.4, 0.5) is 0 Å². The van der Waals surface area contributed by atoms with Crippen LogP contribution in [0, 0.1) is 6.92 Å². The van der Waals surface area contributed by atoms with Crippen LogP contribution in [-0.4, -0.2) is 18.0 Å². The maximum atomic E-state index is 12.2. The van der Waals surface area contributed by atoms with E-state index in [1.807, 2.05) is 37.3 Å². The van der Waals surface area contributed by atoms with Gasteiger partial charge in [0.05, 0.1) is 12.3 Å². The van der Waals surface area contributed by atoms with E-state index in [-0.39, 0.29) is 18.2 Å². The molecule has 1 unspecified atom stereocenters. The van der Waals surface area contributed by atoms with Gasteiger partial charge in [0.25, 0.3) is 0 Å². The Morgan fingerprint density at radius 3 is 2.57 bits per heavy atom. The SMILES string of the molecule is Cc1ccc(C2=NCC(=O)C(C)c3ccc(Cl)cc32)cc1. The van der Waals surface area contributed by atoms with E-state index < -0.39 is 0 Å². The smallest absolute Gasteiger partial charge is 0.161 e. The Morgan fingerprint density at radius 2 is 1.86 bits per heavy atom. The minimum atomic E-state index is -0.149. The van der Waals surface area contributed by atoms with Gasteiger partial charge in [0, 0.05) is 22.1 Å². The zero-order chi connectivity index (χ0) is 15.0. The number of Topliss-reactive ketones (excluding diaryl/α,β-unsaturated/α-hetero) is 1. The molecule has 0 fully saturated rings. The number of halogens is 1. The molecule has 3 heteroatoms. The van der Waals surface area contributed by atoms with E-state index in [0.29, 0.717) is 5.02 Å². The molecule has 21 heavy (non-hydrogen) atoms. The zero-order valence-electron chi connectivity index (χ0n) is 12.1. The van der Waals surface area contributed by atoms with E-state index in [4.69, 9.17) is 11.6 Å². The van der Waals surface area contributed by atoms with E-state index in [2.05, 4.69) is 24.0 Å². The van der Waals surface area contributed by atoms with Crippen molar-refractivity contribution in [1.29, 1.82) is 0 Å². The van der Waals surface area contributed by atoms with Crippen LogP contribution in [0.25, 0.3) is 0 Å². The van der Waals surface area contributed by atoms with Gasteiger partial charge >= 0.3 is 0 Å². The van der Waals surface area contributed by atoms with E-state index in [1.165, 1.54) is 5.56 Å². The van der Waals surface area contributed by atoms with Crippen molar-refractivity contribution in [3.63, 3.8) is 0 Å². The molecule has 1 aliphatic rings. The number of carbonyl (C=O) groups is 1. The number of aliphatic imine (C=N–C) groups is 1. The van der Waals surface area contributed by atoms with Crippen molar-refractivity contribution in [3.05, 3.63) is 69.7 Å². The fourth-order valence-electron chi connectivity index (χ4n) is 2.62. The van der Waals surface area contributed by atoms with Crippen LogP contribution in [0.2, 0.25) is 5.02 Å². The van der Waals surface area contributed by atoms with Gasteiger partial charge in [0.2, 0.25) is 0 Å². The van der Waals surface area contributed by atoms with Crippen LogP contribution < -0.4 is 0 Å². The maximum absolute atomic E-state index is 12.2. The third-order valence-corrected chi connectivity index (χ3v) is 4.17. The van der Waals surface area contributed by atoms with E-state index in [0.717, 1.165) is 22.4 Å². The summed E-state index contributed by atoms with van der Waals surface area (Å²) in [5, 5.41) is 0.662. The molecule has 1 aliphatic heterocycles. The summed E-state index contributed by atoms with van der Waals surface area (Å²) in [6, 6.07) is 13.9. The van der Waals surface area contributed by atoms with Crippen molar-refractivity contribution in [1.82, 2.24) is 0 Å². The number of carbonyl (C=O) groups excluding carboxylic acids is 1. The number of aryl methyl sites for hydroxylation is 1. The second-order valence-corrected chi connectivity index (χ2v) is 5.89. The summed E-state index contributed by atoms with van der Waals surface area (Å²) in [6.45, 7) is 4.20. The van der Waals surface area contributed by atoms with Gasteiger partial charge in [-0.2, -0.15) is 0 Å². The summed E-state index contributed by atoms with van der Waals surface area (Å²) in [4.78, 5) is 16.7. The Labute approximate surface area is 129 Å². The highest BCUT2D eigenvalue weighted by Gasteiger charge is 2.24. The summed E-state index contributed by atoms with van der Waals surface area (Å²) >= 11 is 6.15. The predicted molar refractivity (Wildman–Crippen MR) is 86.6 cm³/mol. The number of hydrogen-bond acceptors (Lipinski definition) is 2. The Morgan fingerprint density at radius 1 is 1.14 bits per heavy atom. The maximum Gasteiger partial charge on any atom is 0.161 e. The number of hydrogen-bond donors (Lipinski definition) is 0. The summed E-state index contributed by atoms with van der Waals surface area (Å²) in [5.41, 5.74) is 5.03. The van der Waals surface area contributed by atoms with Crippen molar-refractivity contribution < 1.29 is 4.79 Å². The Hall–Kier alpha value is -1.93. The van der Waals surface area contributed by atoms with Gasteiger partial charge in [0.15, 0.2) is 5.78 Å². The van der Waals surface area contributed by atoms with E-state index >= 15 is 0 Å². The van der Waals surface area contributed by atoms with Crippen LogP contribution in [0.15, 0.2) is 47.5 Å². The topological polar surface area (TPSA) is 29.4 Å². The highest BCUT2D eigenvalue weighted by molar-refractivity contribution is 6.31. The van der Waals surface area contributed by atoms with Gasteiger partial charge in [-0.3, -0.25) is 9.79 Å². The van der Waals surface area contributed by atoms with E-state index in [9.17, 15) is 4.79 Å². The fourth-order valence-corrected chi connectivity index (χ4v) is 2.79. The fraction of sp³-hybridized carbons (Fsp3) is 0.222. The molecule has 1 heterocycles. The minimum absolute atomic E-state index is 0.140. The number of nitrogens with zero attached hydrogens (tertiary/aromatic N) is 1. The van der Waals surface area contributed by atoms with Crippen LogP contribution in [-0.2, 0) is 4.79 Å². The molecule has 0 aliphatic carbocycles. The van der Waals surface area contributed by atoms with Crippen LogP contribution >= 0.6 is 11.6 Å². The summed E-state index contributed by atoms with van der Waals surface area (Å²) in [5.74, 6) is -0.00958. The van der Waals surface area contributed by atoms with Crippen molar-refractivity contribution in [2.45, 2.75) is 19.8 Å². The predicted octanol–water partition coefficient (Wildman–Crippen LogP) is 4.17. The van der Waals surface area contributed by atoms with Gasteiger partial charge in [-0.15, -0.1) is 0 Å². The molecule has 3 rings (SSSR count). The average molecular weight is 298 g/mol. The standard InChI is InChI=1S/C18H16ClNO/c1-11-3-5-13(6-4-11)18-16-9-14(19)7-8-15(16)12(2)17(21)10-20-18/h3-9,12H,10H2,1-2H3. The molecular formula is C18H16ClNO. The summed E-state index contributed by atoms with van der Waals surface area (Å²) in [7, 11) is 0. The quantitative estimate of drug-likeness (QED) is 0.776. The third-order valence-electron chi connectivity index (χ3n) is 3.94. The van der Waals surface area contributed by atoms with Crippen molar-refractivity contribution in [2.75, 3.05) is 6.54 Å². The molecule has 2 nitrogen and oxygen atoms in total. The Bertz CT molecular complexity index is 731. The van der Waals surface area contributed by atoms with Crippen LogP contribution in [0.5, 0.6) is 0 Å². The molecule has 0 bridgehead atoms. The molecule has 0 amide bonds. The number of benzene rings is 2. The Kier molecular flexibility index (Phi) is 3.64. The lowest BCUT2D eigenvalue weighted by atomic mass is 9.89. The first kappa shape index (κ1) is 14.0. The normalized spacial score (nSPS) is 18.0. The van der Waals surface area contributed by atoms with Crippen LogP contribution in [0.1, 0.15) is 35.1 Å². The first-order chi connectivity index (χ1) is 10.1. The molecule has 106 valence electrons. The number of fused-ring (bicyclic) bond motifs is 1. The molecule has 0 radical (unpaired) electrons. The lowest BCUT2D eigenvalue weighted by Crippen LogP contribution is -2.11. The molecular weight excluding hydrogens is 282 g/mol. The van der Waals surface area contributed by atoms with Gasteiger partial charge in [-0.05, 0) is 24.6 Å².